The van der Waals surface area contributed by atoms with E-state index in [-0.39, 0.29) is 11.6 Å². The number of nitrogens with zero attached hydrogens (tertiary/aromatic N) is 3. The molecule has 0 bridgehead atoms. The molecule has 0 saturated heterocycles. The van der Waals surface area contributed by atoms with Crippen LogP contribution in [0, 0.1) is 56.7 Å². The molecule has 158 valence electrons. The molecule has 32 heavy (non-hydrogen) atoms. The number of fused-ring (bicyclic) bond motifs is 1. The molecule has 0 amide bonds. The number of ether oxygens (including phenoxy) is 1. The van der Waals surface area contributed by atoms with Crippen LogP contribution in [0.2, 0.25) is 0 Å². The molecule has 1 aliphatic carbocycles. The maximum atomic E-state index is 10.2. The smallest absolute Gasteiger partial charge is 0.189 e. The van der Waals surface area contributed by atoms with E-state index in [0.29, 0.717) is 12.3 Å². The van der Waals surface area contributed by atoms with Crippen molar-refractivity contribution < 1.29 is 9.64 Å². The summed E-state index contributed by atoms with van der Waals surface area (Å²) in [5, 5.41) is 39.0. The molecule has 1 fully saturated rings. The van der Waals surface area contributed by atoms with Gasteiger partial charge in [0.25, 0.3) is 0 Å². The van der Waals surface area contributed by atoms with Gasteiger partial charge in [0.1, 0.15) is 18.2 Å². The fourth-order valence-electron chi connectivity index (χ4n) is 5.20. The molecule has 6 nitrogen and oxygen atoms in total. The van der Waals surface area contributed by atoms with Crippen LogP contribution in [0.4, 0.5) is 0 Å². The maximum Gasteiger partial charge on any atom is 0.189 e. The van der Waals surface area contributed by atoms with Crippen LogP contribution in [-0.2, 0) is 6.54 Å². The minimum absolute atomic E-state index is 0.119. The van der Waals surface area contributed by atoms with Gasteiger partial charge in [-0.1, -0.05) is 42.5 Å². The lowest BCUT2D eigenvalue weighted by molar-refractivity contribution is -0.913. The number of methoxy groups -OCH3 is 1. The fraction of sp³-hybridized carbons (Fsp3) is 0.308. The first kappa shape index (κ1) is 21.3. The number of rotatable bonds is 4. The molecule has 2 aromatic carbocycles. The lowest BCUT2D eigenvalue weighted by atomic mass is 9.54. The van der Waals surface area contributed by atoms with Crippen molar-refractivity contribution in [1.82, 2.24) is 0 Å². The third-order valence-electron chi connectivity index (χ3n) is 6.71. The van der Waals surface area contributed by atoms with Crippen LogP contribution in [0.3, 0.4) is 0 Å². The Morgan fingerprint density at radius 1 is 1.09 bits per heavy atom. The summed E-state index contributed by atoms with van der Waals surface area (Å²) in [6.45, 7) is 2.23. The summed E-state index contributed by atoms with van der Waals surface area (Å²) in [5.74, 6) is -0.967. The van der Waals surface area contributed by atoms with Crippen LogP contribution in [0.25, 0.3) is 0 Å². The van der Waals surface area contributed by atoms with Crippen LogP contribution in [0.15, 0.2) is 66.2 Å². The van der Waals surface area contributed by atoms with E-state index in [1.807, 2.05) is 42.5 Å². The van der Waals surface area contributed by atoms with Gasteiger partial charge in [-0.3, -0.25) is 0 Å². The standard InChI is InChI=1S/C26H23N5O/c1-32-20-9-5-8-19(12-20)24-23-15-31(14-18-6-3-2-4-7-18)11-10-21(23)22(13-27)25(30)26(24,16-28)17-29/h2-10,12,22-24,30H,11,14-15H2,1H3/p+1/t22-,23+,24+/m0/s1. The Labute approximate surface area is 188 Å². The second-order valence-corrected chi connectivity index (χ2v) is 8.39. The molecule has 1 aliphatic heterocycles. The number of hydrogen-bond donors (Lipinski definition) is 2. The van der Waals surface area contributed by atoms with Crippen molar-refractivity contribution in [1.29, 1.82) is 21.2 Å². The van der Waals surface area contributed by atoms with Crippen LogP contribution in [0.5, 0.6) is 5.75 Å². The summed E-state index contributed by atoms with van der Waals surface area (Å²) in [4.78, 5) is 1.30. The molecule has 2 aliphatic rings. The van der Waals surface area contributed by atoms with Crippen molar-refractivity contribution in [2.24, 2.45) is 17.3 Å². The topological polar surface area (TPSA) is 109 Å². The van der Waals surface area contributed by atoms with Crippen LogP contribution >= 0.6 is 0 Å². The van der Waals surface area contributed by atoms with E-state index in [0.717, 1.165) is 24.2 Å². The number of quaternary nitrogens is 1. The first-order valence-corrected chi connectivity index (χ1v) is 10.6. The van der Waals surface area contributed by atoms with Crippen LogP contribution in [0.1, 0.15) is 17.0 Å². The summed E-state index contributed by atoms with van der Waals surface area (Å²) in [7, 11) is 1.58. The van der Waals surface area contributed by atoms with Crippen molar-refractivity contribution in [2.75, 3.05) is 20.2 Å². The predicted octanol–water partition coefficient (Wildman–Crippen LogP) is 2.63. The highest BCUT2D eigenvalue weighted by Gasteiger charge is 2.58. The lowest BCUT2D eigenvalue weighted by Gasteiger charge is -2.46. The molecule has 0 aromatic heterocycles. The van der Waals surface area contributed by atoms with Crippen molar-refractivity contribution in [2.45, 2.75) is 12.5 Å². The van der Waals surface area contributed by atoms with E-state index >= 15 is 0 Å². The normalized spacial score (nSPS) is 25.9. The van der Waals surface area contributed by atoms with E-state index in [4.69, 9.17) is 10.1 Å². The van der Waals surface area contributed by atoms with Gasteiger partial charge in [0.2, 0.25) is 0 Å². The third-order valence-corrected chi connectivity index (χ3v) is 6.71. The summed E-state index contributed by atoms with van der Waals surface area (Å²) < 4.78 is 5.39. The molecule has 4 atom stereocenters. The van der Waals surface area contributed by atoms with Gasteiger partial charge in [0.05, 0.1) is 44.1 Å². The second-order valence-electron chi connectivity index (χ2n) is 8.39. The molecule has 4 rings (SSSR count). The molecule has 2 N–H and O–H groups in total. The highest BCUT2D eigenvalue weighted by molar-refractivity contribution is 6.00. The van der Waals surface area contributed by atoms with Crippen LogP contribution < -0.4 is 9.64 Å². The zero-order chi connectivity index (χ0) is 22.7. The molecular formula is C26H24N5O+. The zero-order valence-corrected chi connectivity index (χ0v) is 17.9. The number of hydrogen-bond acceptors (Lipinski definition) is 5. The Morgan fingerprint density at radius 3 is 2.50 bits per heavy atom. The zero-order valence-electron chi connectivity index (χ0n) is 17.9. The molecule has 1 saturated carbocycles. The SMILES string of the molecule is COc1cccc([C@@H]2[C@@H]3C[NH+](Cc4ccccc4)CC=C3[C@H](C#N)C(=N)C2(C#N)C#N)c1. The van der Waals surface area contributed by atoms with Crippen molar-refractivity contribution >= 4 is 5.71 Å². The van der Waals surface area contributed by atoms with E-state index in [1.165, 1.54) is 10.5 Å². The van der Waals surface area contributed by atoms with E-state index in [2.05, 4.69) is 36.4 Å². The summed E-state index contributed by atoms with van der Waals surface area (Å²) in [5.41, 5.74) is 1.04. The Hall–Kier alpha value is -3.92. The van der Waals surface area contributed by atoms with Gasteiger partial charge in [0.15, 0.2) is 5.41 Å². The van der Waals surface area contributed by atoms with Gasteiger partial charge in [-0.05, 0) is 29.3 Å². The second kappa shape index (κ2) is 8.67. The summed E-state index contributed by atoms with van der Waals surface area (Å²) in [6.07, 6.45) is 2.06. The molecule has 0 spiro atoms. The summed E-state index contributed by atoms with van der Waals surface area (Å²) >= 11 is 0. The first-order chi connectivity index (χ1) is 15.6. The number of nitrogens with one attached hydrogen (secondary N) is 2. The van der Waals surface area contributed by atoms with E-state index in [9.17, 15) is 15.8 Å². The van der Waals surface area contributed by atoms with Crippen LogP contribution in [-0.4, -0.2) is 25.9 Å². The Balaban J connectivity index is 1.82. The highest BCUT2D eigenvalue weighted by atomic mass is 16.5. The van der Waals surface area contributed by atoms with E-state index in [1.54, 1.807) is 7.11 Å². The maximum absolute atomic E-state index is 10.2. The van der Waals surface area contributed by atoms with Crippen molar-refractivity contribution in [3.8, 4) is 24.0 Å². The molecule has 6 heteroatoms. The largest absolute Gasteiger partial charge is 0.497 e. The quantitative estimate of drug-likeness (QED) is 0.738. The predicted molar refractivity (Wildman–Crippen MR) is 119 cm³/mol. The average molecular weight is 423 g/mol. The third kappa shape index (κ3) is 3.44. The van der Waals surface area contributed by atoms with Gasteiger partial charge < -0.3 is 15.0 Å². The van der Waals surface area contributed by atoms with Gasteiger partial charge in [0, 0.05) is 17.4 Å². The Bertz CT molecular complexity index is 1170. The number of nitriles is 3. The lowest BCUT2D eigenvalue weighted by Crippen LogP contribution is -3.12. The van der Waals surface area contributed by atoms with Gasteiger partial charge in [-0.15, -0.1) is 0 Å². The minimum atomic E-state index is -1.70. The highest BCUT2D eigenvalue weighted by Crippen LogP contribution is 2.52. The molecule has 2 aromatic rings. The van der Waals surface area contributed by atoms with Crippen molar-refractivity contribution in [3.05, 3.63) is 77.4 Å². The molecule has 0 radical (unpaired) electrons. The monoisotopic (exact) mass is 422 g/mol. The van der Waals surface area contributed by atoms with Crippen molar-refractivity contribution in [3.63, 3.8) is 0 Å². The van der Waals surface area contributed by atoms with Gasteiger partial charge in [-0.2, -0.15) is 15.8 Å². The first-order valence-electron chi connectivity index (χ1n) is 10.6. The molecule has 1 heterocycles. The van der Waals surface area contributed by atoms with Gasteiger partial charge >= 0.3 is 0 Å². The number of benzene rings is 2. The van der Waals surface area contributed by atoms with Gasteiger partial charge in [-0.25, -0.2) is 0 Å². The Kier molecular flexibility index (Phi) is 5.78. The minimum Gasteiger partial charge on any atom is -0.497 e. The average Bonchev–Trinajstić information content (AvgIpc) is 2.84. The summed E-state index contributed by atoms with van der Waals surface area (Å²) in [6, 6.07) is 24.1. The van der Waals surface area contributed by atoms with E-state index < -0.39 is 17.3 Å². The fourth-order valence-corrected chi connectivity index (χ4v) is 5.20. The Morgan fingerprint density at radius 2 is 1.84 bits per heavy atom. The molecular weight excluding hydrogens is 398 g/mol. The molecule has 1 unspecified atom stereocenters.